The summed E-state index contributed by atoms with van der Waals surface area (Å²) in [6.07, 6.45) is 0. The second-order valence-corrected chi connectivity index (χ2v) is 3.90. The maximum Gasteiger partial charge on any atom is 0.328 e. The van der Waals surface area contributed by atoms with E-state index in [4.69, 9.17) is 31.5 Å². The van der Waals surface area contributed by atoms with Gasteiger partial charge in [-0.25, -0.2) is 0 Å². The summed E-state index contributed by atoms with van der Waals surface area (Å²) in [6.45, 7) is 0. The van der Waals surface area contributed by atoms with Gasteiger partial charge in [0.25, 0.3) is 0 Å². The molecule has 0 aliphatic heterocycles. The van der Waals surface area contributed by atoms with Gasteiger partial charge in [-0.1, -0.05) is 17.7 Å². The van der Waals surface area contributed by atoms with Gasteiger partial charge in [-0.2, -0.15) is 9.97 Å². The van der Waals surface area contributed by atoms with Crippen LogP contribution in [0, 0.1) is 0 Å². The zero-order chi connectivity index (χ0) is 13.8. The first-order valence-corrected chi connectivity index (χ1v) is 5.70. The Morgan fingerprint density at radius 2 is 1.74 bits per heavy atom. The van der Waals surface area contributed by atoms with Gasteiger partial charge in [0.05, 0.1) is 31.0 Å². The first-order valence-electron chi connectivity index (χ1n) is 5.33. The Morgan fingerprint density at radius 3 is 2.26 bits per heavy atom. The van der Waals surface area contributed by atoms with Gasteiger partial charge in [0.15, 0.2) is 5.75 Å². The van der Waals surface area contributed by atoms with Crippen LogP contribution in [0.3, 0.4) is 0 Å². The number of anilines is 1. The number of nitrogens with zero attached hydrogens (tertiary/aromatic N) is 2. The Morgan fingerprint density at radius 1 is 1.11 bits per heavy atom. The van der Waals surface area contributed by atoms with E-state index in [2.05, 4.69) is 9.97 Å². The second-order valence-electron chi connectivity index (χ2n) is 3.50. The molecule has 1 aromatic heterocycles. The number of ether oxygens (including phenoxy) is 3. The molecule has 0 amide bonds. The van der Waals surface area contributed by atoms with E-state index in [9.17, 15) is 0 Å². The molecule has 6 nitrogen and oxygen atoms in total. The van der Waals surface area contributed by atoms with Gasteiger partial charge in [0.2, 0.25) is 11.8 Å². The number of aromatic nitrogens is 2. The smallest absolute Gasteiger partial charge is 0.328 e. The molecule has 0 saturated carbocycles. The number of para-hydroxylation sites is 1. The molecule has 0 spiro atoms. The summed E-state index contributed by atoms with van der Waals surface area (Å²) in [6, 6.07) is 6.61. The predicted molar refractivity (Wildman–Crippen MR) is 71.1 cm³/mol. The number of rotatable bonds is 4. The molecule has 0 aliphatic carbocycles. The third kappa shape index (κ3) is 2.97. The van der Waals surface area contributed by atoms with Crippen LogP contribution in [0.15, 0.2) is 24.3 Å². The highest BCUT2D eigenvalue weighted by atomic mass is 35.5. The van der Waals surface area contributed by atoms with Crippen LogP contribution in [0.25, 0.3) is 0 Å². The van der Waals surface area contributed by atoms with Gasteiger partial charge in [-0.05, 0) is 12.1 Å². The summed E-state index contributed by atoms with van der Waals surface area (Å²) < 4.78 is 15.5. The van der Waals surface area contributed by atoms with Crippen molar-refractivity contribution in [1.82, 2.24) is 9.97 Å². The fourth-order valence-electron chi connectivity index (χ4n) is 1.36. The molecular weight excluding hydrogens is 270 g/mol. The highest BCUT2D eigenvalue weighted by molar-refractivity contribution is 6.32. The van der Waals surface area contributed by atoms with Gasteiger partial charge in [-0.15, -0.1) is 0 Å². The second kappa shape index (κ2) is 5.62. The van der Waals surface area contributed by atoms with Gasteiger partial charge in [-0.3, -0.25) is 0 Å². The molecule has 19 heavy (non-hydrogen) atoms. The summed E-state index contributed by atoms with van der Waals surface area (Å²) in [5.41, 5.74) is 6.17. The molecule has 0 bridgehead atoms. The number of nitrogen functional groups attached to an aromatic ring is 1. The van der Waals surface area contributed by atoms with E-state index in [0.29, 0.717) is 28.2 Å². The van der Waals surface area contributed by atoms with Gasteiger partial charge >= 0.3 is 6.01 Å². The van der Waals surface area contributed by atoms with E-state index in [-0.39, 0.29) is 6.01 Å². The number of benzene rings is 1. The Bertz CT molecular complexity index is 550. The maximum atomic E-state index is 6.00. The zero-order valence-corrected chi connectivity index (χ0v) is 11.1. The van der Waals surface area contributed by atoms with Crippen molar-refractivity contribution in [3.63, 3.8) is 0 Å². The third-order valence-corrected chi connectivity index (χ3v) is 2.57. The minimum Gasteiger partial charge on any atom is -0.481 e. The number of nitrogens with two attached hydrogens (primary N) is 1. The Kier molecular flexibility index (Phi) is 3.91. The van der Waals surface area contributed by atoms with Crippen molar-refractivity contribution >= 4 is 17.3 Å². The van der Waals surface area contributed by atoms with Crippen LogP contribution in [0.2, 0.25) is 5.02 Å². The quantitative estimate of drug-likeness (QED) is 0.868. The maximum absolute atomic E-state index is 6.00. The molecule has 1 aromatic carbocycles. The monoisotopic (exact) mass is 281 g/mol. The molecule has 2 aromatic rings. The van der Waals surface area contributed by atoms with Crippen LogP contribution in [0.4, 0.5) is 5.69 Å². The third-order valence-electron chi connectivity index (χ3n) is 2.27. The standard InChI is InChI=1S/C12H12ClN3O3/c1-17-9-6-10(18-2)16-12(15-9)19-11-7(13)4-3-5-8(11)14/h3-6H,14H2,1-2H3. The molecule has 0 fully saturated rings. The normalized spacial score (nSPS) is 10.1. The summed E-state index contributed by atoms with van der Waals surface area (Å²) in [7, 11) is 2.96. The van der Waals surface area contributed by atoms with E-state index < -0.39 is 0 Å². The van der Waals surface area contributed by atoms with Crippen LogP contribution in [0.5, 0.6) is 23.5 Å². The van der Waals surface area contributed by atoms with Crippen molar-refractivity contribution in [2.45, 2.75) is 0 Å². The van der Waals surface area contributed by atoms with Crippen molar-refractivity contribution in [2.75, 3.05) is 20.0 Å². The lowest BCUT2D eigenvalue weighted by molar-refractivity contribution is 0.348. The summed E-state index contributed by atoms with van der Waals surface area (Å²) in [5, 5.41) is 0.366. The summed E-state index contributed by atoms with van der Waals surface area (Å²) in [4.78, 5) is 8.06. The molecule has 7 heteroatoms. The molecule has 0 saturated heterocycles. The lowest BCUT2D eigenvalue weighted by Gasteiger charge is -2.10. The van der Waals surface area contributed by atoms with Crippen LogP contribution in [0.1, 0.15) is 0 Å². The predicted octanol–water partition coefficient (Wildman–Crippen LogP) is 2.52. The molecule has 0 radical (unpaired) electrons. The van der Waals surface area contributed by atoms with E-state index in [0.717, 1.165) is 0 Å². The molecule has 2 rings (SSSR count). The molecule has 0 aliphatic rings. The van der Waals surface area contributed by atoms with E-state index in [1.54, 1.807) is 18.2 Å². The first-order chi connectivity index (χ1) is 9.13. The number of methoxy groups -OCH3 is 2. The average molecular weight is 282 g/mol. The highest BCUT2D eigenvalue weighted by Gasteiger charge is 2.12. The minimum absolute atomic E-state index is 0.0380. The number of halogens is 1. The van der Waals surface area contributed by atoms with Crippen molar-refractivity contribution < 1.29 is 14.2 Å². The van der Waals surface area contributed by atoms with Crippen LogP contribution >= 0.6 is 11.6 Å². The average Bonchev–Trinajstić information content (AvgIpc) is 2.42. The fourth-order valence-corrected chi connectivity index (χ4v) is 1.58. The lowest BCUT2D eigenvalue weighted by atomic mass is 10.3. The minimum atomic E-state index is 0.0380. The molecule has 1 heterocycles. The van der Waals surface area contributed by atoms with Gasteiger partial charge in [0, 0.05) is 0 Å². The Labute approximate surface area is 115 Å². The molecule has 0 atom stereocenters. The first kappa shape index (κ1) is 13.2. The SMILES string of the molecule is COc1cc(OC)nc(Oc2c(N)cccc2Cl)n1. The Hall–Kier alpha value is -2.21. The van der Waals surface area contributed by atoms with Gasteiger partial charge in [0.1, 0.15) is 0 Å². The number of hydrogen-bond donors (Lipinski definition) is 1. The van der Waals surface area contributed by atoms with Crippen LogP contribution in [-0.4, -0.2) is 24.2 Å². The van der Waals surface area contributed by atoms with Gasteiger partial charge < -0.3 is 19.9 Å². The zero-order valence-electron chi connectivity index (χ0n) is 10.4. The molecule has 2 N–H and O–H groups in total. The summed E-state index contributed by atoms with van der Waals surface area (Å²) in [5.74, 6) is 0.916. The van der Waals surface area contributed by atoms with Crippen molar-refractivity contribution in [3.05, 3.63) is 29.3 Å². The molecule has 0 unspecified atom stereocenters. The molecule has 100 valence electrons. The topological polar surface area (TPSA) is 79.5 Å². The highest BCUT2D eigenvalue weighted by Crippen LogP contribution is 2.34. The van der Waals surface area contributed by atoms with E-state index in [1.165, 1.54) is 20.3 Å². The summed E-state index contributed by atoms with van der Waals surface area (Å²) >= 11 is 6.00. The van der Waals surface area contributed by atoms with E-state index in [1.807, 2.05) is 0 Å². The van der Waals surface area contributed by atoms with E-state index >= 15 is 0 Å². The van der Waals surface area contributed by atoms with Crippen molar-refractivity contribution in [3.8, 4) is 23.5 Å². The van der Waals surface area contributed by atoms with Crippen molar-refractivity contribution in [1.29, 1.82) is 0 Å². The van der Waals surface area contributed by atoms with Crippen LogP contribution < -0.4 is 19.9 Å². The lowest BCUT2D eigenvalue weighted by Crippen LogP contribution is -1.99. The fraction of sp³-hybridized carbons (Fsp3) is 0.167. The Balaban J connectivity index is 2.37. The number of hydrogen-bond acceptors (Lipinski definition) is 6. The largest absolute Gasteiger partial charge is 0.481 e. The van der Waals surface area contributed by atoms with Crippen LogP contribution in [-0.2, 0) is 0 Å². The van der Waals surface area contributed by atoms with Crippen molar-refractivity contribution in [2.24, 2.45) is 0 Å². The molecular formula is C12H12ClN3O3.